The van der Waals surface area contributed by atoms with Crippen LogP contribution in [0.3, 0.4) is 0 Å². The fourth-order valence-electron chi connectivity index (χ4n) is 7.23. The molecule has 0 aliphatic carbocycles. The summed E-state index contributed by atoms with van der Waals surface area (Å²) in [6.45, 7) is -3.49. The summed E-state index contributed by atoms with van der Waals surface area (Å²) in [6.07, 6.45) is -7.08. The van der Waals surface area contributed by atoms with Gasteiger partial charge in [0.05, 0.1) is 56.2 Å². The van der Waals surface area contributed by atoms with E-state index < -0.39 is 81.2 Å². The molecule has 1 saturated heterocycles. The van der Waals surface area contributed by atoms with Crippen LogP contribution in [-0.2, 0) is 64.2 Å². The number of esters is 2. The SMILES string of the molecule is [2H]C(OC[C@H]1OC(OCCC(OC(=O)c2ccccc2)C(CCC)OC(=O)c2ccccc2)[C@H](OC([2H])c2ccccc2)[C@@H](OC([2H])c2ccccc2)[C@H]1OC([2H])c1ccccc1)c1ccccc1. The molecule has 0 aromatic heterocycles. The number of hydrogen-bond donors (Lipinski definition) is 0. The lowest BCUT2D eigenvalue weighted by Crippen LogP contribution is -2.62. The summed E-state index contributed by atoms with van der Waals surface area (Å²) in [6, 6.07) is 52.9. The molecular formula is C55H58O10. The van der Waals surface area contributed by atoms with Crippen molar-refractivity contribution in [2.45, 2.75) is 95.4 Å². The Morgan fingerprint density at radius 1 is 0.492 bits per heavy atom. The van der Waals surface area contributed by atoms with Crippen LogP contribution in [0.5, 0.6) is 0 Å². The molecule has 0 spiro atoms. The van der Waals surface area contributed by atoms with Crippen molar-refractivity contribution in [3.63, 3.8) is 0 Å². The molecule has 65 heavy (non-hydrogen) atoms. The minimum absolute atomic E-state index is 0.0180. The highest BCUT2D eigenvalue weighted by Gasteiger charge is 2.49. The number of rotatable bonds is 24. The molecule has 0 bridgehead atoms. The van der Waals surface area contributed by atoms with Crippen molar-refractivity contribution in [2.24, 2.45) is 0 Å². The third-order valence-corrected chi connectivity index (χ3v) is 10.6. The Kier molecular flexibility index (Phi) is 16.4. The van der Waals surface area contributed by atoms with E-state index in [0.717, 1.165) is 0 Å². The molecule has 10 heteroatoms. The van der Waals surface area contributed by atoms with Gasteiger partial charge in [0.1, 0.15) is 36.6 Å². The van der Waals surface area contributed by atoms with Crippen molar-refractivity contribution in [1.29, 1.82) is 0 Å². The van der Waals surface area contributed by atoms with Gasteiger partial charge in [-0.05, 0) is 52.9 Å². The van der Waals surface area contributed by atoms with Crippen LogP contribution in [-0.4, -0.2) is 68.1 Å². The normalized spacial score (nSPS) is 22.0. The quantitative estimate of drug-likeness (QED) is 0.0545. The molecule has 6 aromatic rings. The third-order valence-electron chi connectivity index (χ3n) is 10.6. The minimum atomic E-state index is -1.35. The monoisotopic (exact) mass is 882 g/mol. The molecule has 0 amide bonds. The Morgan fingerprint density at radius 3 is 1.32 bits per heavy atom. The smallest absolute Gasteiger partial charge is 0.338 e. The van der Waals surface area contributed by atoms with E-state index in [2.05, 4.69) is 0 Å². The van der Waals surface area contributed by atoms with E-state index in [4.69, 9.17) is 39.3 Å². The van der Waals surface area contributed by atoms with E-state index in [-0.39, 0.29) is 19.6 Å². The van der Waals surface area contributed by atoms with Crippen LogP contribution < -0.4 is 0 Å². The van der Waals surface area contributed by atoms with Crippen LogP contribution >= 0.6 is 0 Å². The first kappa shape index (κ1) is 41.7. The van der Waals surface area contributed by atoms with Gasteiger partial charge in [-0.3, -0.25) is 0 Å². The van der Waals surface area contributed by atoms with Crippen LogP contribution in [0.2, 0.25) is 0 Å². The van der Waals surface area contributed by atoms with Gasteiger partial charge in [-0.15, -0.1) is 0 Å². The van der Waals surface area contributed by atoms with Crippen molar-refractivity contribution in [2.75, 3.05) is 13.2 Å². The number of carbonyl (C=O) groups excluding carboxylic acids is 2. The highest BCUT2D eigenvalue weighted by molar-refractivity contribution is 5.90. The molecule has 1 heterocycles. The summed E-state index contributed by atoms with van der Waals surface area (Å²) in [4.78, 5) is 27.2. The second-order valence-corrected chi connectivity index (χ2v) is 15.4. The van der Waals surface area contributed by atoms with Crippen molar-refractivity contribution >= 4 is 11.9 Å². The average molecular weight is 883 g/mol. The van der Waals surface area contributed by atoms with Gasteiger partial charge in [-0.25, -0.2) is 9.59 Å². The van der Waals surface area contributed by atoms with Gasteiger partial charge >= 0.3 is 11.9 Å². The third kappa shape index (κ3) is 14.5. The summed E-state index contributed by atoms with van der Waals surface area (Å²) in [5.41, 5.74) is 2.81. The summed E-state index contributed by atoms with van der Waals surface area (Å²) < 4.78 is 88.4. The number of carbonyl (C=O) groups is 2. The molecule has 11 atom stereocenters. The molecule has 0 saturated carbocycles. The van der Waals surface area contributed by atoms with Gasteiger partial charge in [-0.2, -0.15) is 0 Å². The molecule has 0 N–H and O–H groups in total. The standard InChI is InChI=1S/C55H58O10/c1-2-21-47(63-53(56)45-30-17-7-18-31-45)48(64-54(57)46-32-19-8-20-33-46)34-35-59-55-52(62-39-44-28-15-6-16-29-44)51(61-38-43-26-13-5-14-27-43)50(60-37-42-24-11-4-12-25-42)49(65-55)40-58-36-41-22-9-3-10-23-41/h3-20,22-33,47-52,55H,2,21,34-40H2,1H3/t47?,48?,49-,50+,51+,52-,55?/m1/s1/i36D,37D,38D,39D/t36?,37?,38?,39?,47?,48?,49-,50+,51+,52-,55?. The fraction of sp³-hybridized carbons (Fsp3) is 0.309. The lowest BCUT2D eigenvalue weighted by atomic mass is 9.97. The fourth-order valence-corrected chi connectivity index (χ4v) is 7.23. The van der Waals surface area contributed by atoms with E-state index in [0.29, 0.717) is 46.2 Å². The Balaban J connectivity index is 1.24. The Hall–Kier alpha value is -5.98. The van der Waals surface area contributed by atoms with Gasteiger partial charge < -0.3 is 37.9 Å². The van der Waals surface area contributed by atoms with E-state index in [1.54, 1.807) is 146 Å². The zero-order valence-corrected chi connectivity index (χ0v) is 36.3. The first-order chi connectivity index (χ1) is 33.7. The van der Waals surface area contributed by atoms with Gasteiger partial charge in [0.15, 0.2) is 6.29 Å². The average Bonchev–Trinajstić information content (AvgIpc) is 3.40. The van der Waals surface area contributed by atoms with E-state index in [1.807, 2.05) is 43.3 Å². The highest BCUT2D eigenvalue weighted by Crippen LogP contribution is 2.32. The largest absolute Gasteiger partial charge is 0.455 e. The number of hydrogen-bond acceptors (Lipinski definition) is 10. The lowest BCUT2D eigenvalue weighted by Gasteiger charge is -2.46. The molecule has 1 aliphatic rings. The molecule has 1 aliphatic heterocycles. The van der Waals surface area contributed by atoms with Crippen molar-refractivity contribution in [3.8, 4) is 0 Å². The van der Waals surface area contributed by atoms with Crippen LogP contribution in [0.4, 0.5) is 0 Å². The molecule has 0 radical (unpaired) electrons. The molecule has 1 fully saturated rings. The van der Waals surface area contributed by atoms with Crippen molar-refractivity contribution in [1.82, 2.24) is 0 Å². The molecule has 7 rings (SSSR count). The summed E-state index contributed by atoms with van der Waals surface area (Å²) >= 11 is 0. The lowest BCUT2D eigenvalue weighted by molar-refractivity contribution is -0.329. The topological polar surface area (TPSA) is 108 Å². The zero-order chi connectivity index (χ0) is 48.4. The molecular weight excluding hydrogens is 821 g/mol. The van der Waals surface area contributed by atoms with E-state index in [1.165, 1.54) is 0 Å². The van der Waals surface area contributed by atoms with Crippen molar-refractivity contribution in [3.05, 3.63) is 215 Å². The minimum Gasteiger partial charge on any atom is -0.455 e. The number of ether oxygens (including phenoxy) is 8. The van der Waals surface area contributed by atoms with Gasteiger partial charge in [0, 0.05) is 6.42 Å². The van der Waals surface area contributed by atoms with Crippen molar-refractivity contribution < 1.29 is 53.0 Å². The summed E-state index contributed by atoms with van der Waals surface area (Å²) in [5, 5.41) is 0. The zero-order valence-electron chi connectivity index (χ0n) is 40.3. The Morgan fingerprint density at radius 2 is 0.877 bits per heavy atom. The predicted octanol–water partition coefficient (Wildman–Crippen LogP) is 10.3. The first-order valence-corrected chi connectivity index (χ1v) is 21.9. The maximum atomic E-state index is 13.7. The van der Waals surface area contributed by atoms with Gasteiger partial charge in [-0.1, -0.05) is 171 Å². The molecule has 7 unspecified atom stereocenters. The van der Waals surface area contributed by atoms with Gasteiger partial charge in [0.25, 0.3) is 0 Å². The van der Waals surface area contributed by atoms with Crippen LogP contribution in [0.25, 0.3) is 0 Å². The van der Waals surface area contributed by atoms with Crippen LogP contribution in [0.15, 0.2) is 182 Å². The molecule has 338 valence electrons. The molecule has 10 nitrogen and oxygen atoms in total. The Labute approximate surface area is 387 Å². The maximum Gasteiger partial charge on any atom is 0.338 e. The number of benzene rings is 6. The Bertz CT molecular complexity index is 2410. The summed E-state index contributed by atoms with van der Waals surface area (Å²) in [5.74, 6) is -1.20. The second-order valence-electron chi connectivity index (χ2n) is 15.4. The molecule has 6 aromatic carbocycles. The van der Waals surface area contributed by atoms with Crippen LogP contribution in [0, 0.1) is 0 Å². The first-order valence-electron chi connectivity index (χ1n) is 24.2. The van der Waals surface area contributed by atoms with Gasteiger partial charge in [0.2, 0.25) is 0 Å². The highest BCUT2D eigenvalue weighted by atomic mass is 16.7. The maximum absolute atomic E-state index is 13.7. The van der Waals surface area contributed by atoms with E-state index in [9.17, 15) is 13.7 Å². The van der Waals surface area contributed by atoms with E-state index >= 15 is 0 Å². The predicted molar refractivity (Wildman–Crippen MR) is 247 cm³/mol. The van der Waals surface area contributed by atoms with Crippen LogP contribution in [0.1, 0.15) is 74.6 Å². The second kappa shape index (κ2) is 25.5. The summed E-state index contributed by atoms with van der Waals surface area (Å²) in [7, 11) is 0.